The summed E-state index contributed by atoms with van der Waals surface area (Å²) in [5, 5.41) is 1.90. The molecule has 0 saturated carbocycles. The van der Waals surface area contributed by atoms with Gasteiger partial charge >= 0.3 is 0 Å². The molecular formula is C34H38BrFN4O5S2. The molecule has 0 aliphatic carbocycles. The van der Waals surface area contributed by atoms with Crippen LogP contribution >= 0.6 is 27.3 Å². The van der Waals surface area contributed by atoms with Crippen LogP contribution in [-0.2, 0) is 23.0 Å². The average molecular weight is 746 g/mol. The minimum absolute atomic E-state index is 0.116. The van der Waals surface area contributed by atoms with Gasteiger partial charge in [0.15, 0.2) is 5.13 Å². The topological polar surface area (TPSA) is 84.4 Å². The molecule has 2 atom stereocenters. The molecule has 2 saturated heterocycles. The highest BCUT2D eigenvalue weighted by atomic mass is 79.9. The van der Waals surface area contributed by atoms with E-state index in [1.807, 2.05) is 19.2 Å². The first-order valence-electron chi connectivity index (χ1n) is 15.3. The molecule has 3 aromatic carbocycles. The van der Waals surface area contributed by atoms with E-state index in [4.69, 9.17) is 14.2 Å². The number of hydrogen-bond acceptors (Lipinski definition) is 9. The SMILES string of the molecule is COc1ccc(C[C@@H]2CN3CCC[C@@]3(N(C)c3cc(F)c(S(=O)(=O)N(Cc4ccc(OC)cc4OC)c4nccs4)cc3Br)C2)cc1. The summed E-state index contributed by atoms with van der Waals surface area (Å²) in [6.45, 7) is 1.80. The lowest BCUT2D eigenvalue weighted by molar-refractivity contribution is 0.194. The number of aromatic nitrogens is 1. The standard InChI is InChI=1S/C34H38BrFN4O5S2/c1-38(34-12-5-14-39(34)21-24(20-34)16-23-6-9-26(43-2)10-7-23)30-19-29(36)32(18-28(30)35)47(41,42)40(33-37-13-15-46-33)22-25-8-11-27(44-3)17-31(25)45-4/h6-11,13,15,17-19,24H,5,12,14,16,20-22H2,1-4H3/t24-,34-/m0/s1. The molecule has 0 radical (unpaired) electrons. The van der Waals surface area contributed by atoms with Crippen LogP contribution in [0.1, 0.15) is 30.4 Å². The first-order chi connectivity index (χ1) is 22.6. The van der Waals surface area contributed by atoms with Crippen molar-refractivity contribution in [3.8, 4) is 17.2 Å². The molecule has 3 heterocycles. The molecule has 0 amide bonds. The minimum atomic E-state index is -4.39. The minimum Gasteiger partial charge on any atom is -0.497 e. The molecule has 6 rings (SSSR count). The van der Waals surface area contributed by atoms with Gasteiger partial charge in [-0.2, -0.15) is 0 Å². The summed E-state index contributed by atoms with van der Waals surface area (Å²) in [7, 11) is 2.30. The number of benzene rings is 3. The van der Waals surface area contributed by atoms with Crippen LogP contribution in [0.5, 0.6) is 17.2 Å². The highest BCUT2D eigenvalue weighted by Gasteiger charge is 2.51. The molecule has 0 bridgehead atoms. The van der Waals surface area contributed by atoms with E-state index in [1.165, 1.54) is 31.0 Å². The van der Waals surface area contributed by atoms with Gasteiger partial charge in [0.25, 0.3) is 10.0 Å². The smallest absolute Gasteiger partial charge is 0.269 e. The number of hydrogen-bond donors (Lipinski definition) is 0. The Balaban J connectivity index is 1.29. The molecule has 0 N–H and O–H groups in total. The van der Waals surface area contributed by atoms with Crippen molar-refractivity contribution in [2.45, 2.75) is 42.8 Å². The van der Waals surface area contributed by atoms with Gasteiger partial charge in [0.05, 0.1) is 39.2 Å². The van der Waals surface area contributed by atoms with E-state index in [1.54, 1.807) is 37.8 Å². The first-order valence-corrected chi connectivity index (χ1v) is 18.4. The van der Waals surface area contributed by atoms with Crippen LogP contribution in [0.4, 0.5) is 15.2 Å². The van der Waals surface area contributed by atoms with E-state index < -0.39 is 20.7 Å². The lowest BCUT2D eigenvalue weighted by atomic mass is 9.91. The van der Waals surface area contributed by atoms with Gasteiger partial charge in [0, 0.05) is 47.8 Å². The third kappa shape index (κ3) is 6.42. The molecule has 250 valence electrons. The van der Waals surface area contributed by atoms with Crippen LogP contribution in [0.2, 0.25) is 0 Å². The molecule has 13 heteroatoms. The van der Waals surface area contributed by atoms with Gasteiger partial charge in [0.2, 0.25) is 0 Å². The van der Waals surface area contributed by atoms with E-state index >= 15 is 4.39 Å². The number of nitrogens with zero attached hydrogens (tertiary/aromatic N) is 4. The number of fused-ring (bicyclic) bond motifs is 1. The van der Waals surface area contributed by atoms with Crippen LogP contribution in [0.3, 0.4) is 0 Å². The van der Waals surface area contributed by atoms with Gasteiger partial charge < -0.3 is 19.1 Å². The molecule has 2 aliphatic rings. The van der Waals surface area contributed by atoms with E-state index in [2.05, 4.69) is 42.8 Å². The van der Waals surface area contributed by atoms with E-state index in [9.17, 15) is 8.42 Å². The summed E-state index contributed by atoms with van der Waals surface area (Å²) < 4.78 is 62.4. The second-order valence-electron chi connectivity index (χ2n) is 12.0. The maximum Gasteiger partial charge on any atom is 0.269 e. The highest BCUT2D eigenvalue weighted by molar-refractivity contribution is 9.10. The van der Waals surface area contributed by atoms with E-state index in [0.717, 1.165) is 60.2 Å². The molecule has 47 heavy (non-hydrogen) atoms. The van der Waals surface area contributed by atoms with Crippen LogP contribution in [0.15, 0.2) is 75.5 Å². The van der Waals surface area contributed by atoms with Crippen LogP contribution < -0.4 is 23.4 Å². The summed E-state index contributed by atoms with van der Waals surface area (Å²) in [5.74, 6) is 1.45. The van der Waals surface area contributed by atoms with Crippen molar-refractivity contribution in [2.24, 2.45) is 5.92 Å². The molecular weight excluding hydrogens is 707 g/mol. The molecule has 4 aromatic rings. The summed E-state index contributed by atoms with van der Waals surface area (Å²) in [5.41, 5.74) is 2.16. The molecule has 9 nitrogen and oxygen atoms in total. The molecule has 1 aromatic heterocycles. The number of anilines is 2. The number of ether oxygens (including phenoxy) is 3. The van der Waals surface area contributed by atoms with E-state index in [-0.39, 0.29) is 17.3 Å². The van der Waals surface area contributed by atoms with Gasteiger partial charge in [-0.15, -0.1) is 11.3 Å². The fraction of sp³-hybridized carbons (Fsp3) is 0.382. The quantitative estimate of drug-likeness (QED) is 0.154. The Morgan fingerprint density at radius 3 is 2.49 bits per heavy atom. The summed E-state index contributed by atoms with van der Waals surface area (Å²) in [4.78, 5) is 8.47. The molecule has 2 aliphatic heterocycles. The number of thiazole rings is 1. The van der Waals surface area contributed by atoms with Gasteiger partial charge in [-0.05, 0) is 89.5 Å². The van der Waals surface area contributed by atoms with Crippen molar-refractivity contribution in [1.29, 1.82) is 0 Å². The Labute approximate surface area is 288 Å². The predicted octanol–water partition coefficient (Wildman–Crippen LogP) is 6.96. The zero-order valence-electron chi connectivity index (χ0n) is 26.8. The normalized spacial score (nSPS) is 19.4. The second kappa shape index (κ2) is 13.6. The van der Waals surface area contributed by atoms with Crippen LogP contribution in [-0.4, -0.2) is 65.4 Å². The fourth-order valence-electron chi connectivity index (χ4n) is 7.05. The largest absolute Gasteiger partial charge is 0.497 e. The number of halogens is 2. The number of rotatable bonds is 12. The zero-order valence-corrected chi connectivity index (χ0v) is 30.0. The van der Waals surface area contributed by atoms with Crippen molar-refractivity contribution in [2.75, 3.05) is 50.7 Å². The maximum absolute atomic E-state index is 16.2. The Bertz CT molecular complexity index is 1830. The summed E-state index contributed by atoms with van der Waals surface area (Å²) >= 11 is 4.79. The van der Waals surface area contributed by atoms with Crippen LogP contribution in [0.25, 0.3) is 0 Å². The number of sulfonamides is 1. The molecule has 0 spiro atoms. The third-order valence-corrected chi connectivity index (χ3v) is 12.7. The Morgan fingerprint density at radius 1 is 1.06 bits per heavy atom. The monoisotopic (exact) mass is 744 g/mol. The van der Waals surface area contributed by atoms with E-state index in [0.29, 0.717) is 33.1 Å². The average Bonchev–Trinajstić information content (AvgIpc) is 3.82. The zero-order chi connectivity index (χ0) is 33.3. The predicted molar refractivity (Wildman–Crippen MR) is 186 cm³/mol. The first kappa shape index (κ1) is 33.5. The van der Waals surface area contributed by atoms with Crippen molar-refractivity contribution in [3.05, 3.63) is 87.6 Å². The molecule has 2 fully saturated rings. The summed E-state index contributed by atoms with van der Waals surface area (Å²) in [6, 6.07) is 16.1. The van der Waals surface area contributed by atoms with Crippen molar-refractivity contribution in [3.63, 3.8) is 0 Å². The summed E-state index contributed by atoms with van der Waals surface area (Å²) in [6.07, 6.45) is 5.37. The Morgan fingerprint density at radius 2 is 1.81 bits per heavy atom. The van der Waals surface area contributed by atoms with Gasteiger partial charge in [-0.3, -0.25) is 4.90 Å². The highest BCUT2D eigenvalue weighted by Crippen LogP contribution is 2.48. The van der Waals surface area contributed by atoms with Crippen molar-refractivity contribution >= 4 is 48.1 Å². The van der Waals surface area contributed by atoms with Gasteiger partial charge in [-0.25, -0.2) is 22.1 Å². The Kier molecular flexibility index (Phi) is 9.71. The van der Waals surface area contributed by atoms with Crippen LogP contribution in [0, 0.1) is 11.7 Å². The second-order valence-corrected chi connectivity index (χ2v) is 15.5. The lowest BCUT2D eigenvalue weighted by Crippen LogP contribution is -2.52. The fourth-order valence-corrected chi connectivity index (χ4v) is 10.1. The Hall–Kier alpha value is -3.39. The van der Waals surface area contributed by atoms with Gasteiger partial charge in [0.1, 0.15) is 28.0 Å². The van der Waals surface area contributed by atoms with Crippen molar-refractivity contribution in [1.82, 2.24) is 9.88 Å². The van der Waals surface area contributed by atoms with Gasteiger partial charge in [-0.1, -0.05) is 12.1 Å². The van der Waals surface area contributed by atoms with Crippen molar-refractivity contribution < 1.29 is 27.0 Å². The third-order valence-electron chi connectivity index (χ3n) is 9.37. The lowest BCUT2D eigenvalue weighted by Gasteiger charge is -2.43. The number of methoxy groups -OCH3 is 3. The molecule has 0 unspecified atom stereocenters. The maximum atomic E-state index is 16.2.